The van der Waals surface area contributed by atoms with Crippen molar-refractivity contribution in [1.82, 2.24) is 10.2 Å². The number of fused-ring (bicyclic) bond motifs is 1. The third-order valence-corrected chi connectivity index (χ3v) is 5.56. The minimum absolute atomic E-state index is 0.148. The van der Waals surface area contributed by atoms with Crippen LogP contribution in [0, 0.1) is 5.82 Å². The normalized spacial score (nSPS) is 18.9. The number of amides is 1. The van der Waals surface area contributed by atoms with Crippen LogP contribution in [0.15, 0.2) is 42.5 Å². The zero-order valence-corrected chi connectivity index (χ0v) is 17.9. The lowest BCUT2D eigenvalue weighted by Crippen LogP contribution is -2.45. The van der Waals surface area contributed by atoms with Gasteiger partial charge in [0, 0.05) is 25.7 Å². The van der Waals surface area contributed by atoms with Gasteiger partial charge in [-0.2, -0.15) is 0 Å². The fraction of sp³-hybridized carbons (Fsp3) is 0.458. The molecule has 1 unspecified atom stereocenters. The number of rotatable bonds is 9. The van der Waals surface area contributed by atoms with Crippen LogP contribution in [0.25, 0.3) is 0 Å². The lowest BCUT2D eigenvalue weighted by molar-refractivity contribution is -0.122. The Morgan fingerprint density at radius 2 is 1.94 bits per heavy atom. The maximum Gasteiger partial charge on any atom is 0.223 e. The predicted octanol–water partition coefficient (Wildman–Crippen LogP) is 3.14. The molecule has 32 heavy (non-hydrogen) atoms. The van der Waals surface area contributed by atoms with Gasteiger partial charge in [-0.1, -0.05) is 6.07 Å². The summed E-state index contributed by atoms with van der Waals surface area (Å²) in [6, 6.07) is 11.3. The van der Waals surface area contributed by atoms with Gasteiger partial charge in [0.05, 0.1) is 13.0 Å². The Morgan fingerprint density at radius 1 is 1.16 bits per heavy atom. The van der Waals surface area contributed by atoms with E-state index in [-0.39, 0.29) is 30.8 Å². The summed E-state index contributed by atoms with van der Waals surface area (Å²) in [7, 11) is 0. The molecule has 0 saturated carbocycles. The second-order valence-electron chi connectivity index (χ2n) is 8.14. The molecular formula is C24H28F2N2O4. The summed E-state index contributed by atoms with van der Waals surface area (Å²) < 4.78 is 43.4. The first-order valence-electron chi connectivity index (χ1n) is 11.0. The van der Waals surface area contributed by atoms with Gasteiger partial charge in [-0.25, -0.2) is 8.78 Å². The molecule has 0 radical (unpaired) electrons. The molecule has 1 fully saturated rings. The molecule has 0 aliphatic carbocycles. The first kappa shape index (κ1) is 22.3. The molecule has 2 aliphatic rings. The molecule has 0 bridgehead atoms. The Morgan fingerprint density at radius 3 is 2.69 bits per heavy atom. The standard InChI is InChI=1S/C24H28F2N2O4/c25-18-2-4-21(5-3-18)30-10-8-24(29)27-20(16-28-9-7-19(26)15-28)13-17-1-6-22-23(14-17)32-12-11-31-22/h1-6,14,19-20H,7-13,15-16H2,(H,27,29)/t19?,20-/m0/s1. The molecule has 2 aromatic carbocycles. The SMILES string of the molecule is O=C(CCOc1ccc(F)cc1)N[C@@H](Cc1ccc2c(c1)OCCO2)CN1CCC(F)C1. The first-order valence-corrected chi connectivity index (χ1v) is 11.0. The van der Waals surface area contributed by atoms with Crippen LogP contribution in [0.3, 0.4) is 0 Å². The average Bonchev–Trinajstić information content (AvgIpc) is 3.19. The van der Waals surface area contributed by atoms with Crippen molar-refractivity contribution in [2.45, 2.75) is 31.5 Å². The fourth-order valence-corrected chi connectivity index (χ4v) is 4.02. The summed E-state index contributed by atoms with van der Waals surface area (Å²) in [6.07, 6.45) is 0.468. The van der Waals surface area contributed by atoms with Crippen molar-refractivity contribution < 1.29 is 27.8 Å². The number of ether oxygens (including phenoxy) is 3. The molecule has 1 N–H and O–H groups in total. The van der Waals surface area contributed by atoms with Gasteiger partial charge in [-0.05, 0) is 54.8 Å². The lowest BCUT2D eigenvalue weighted by atomic mass is 10.0. The monoisotopic (exact) mass is 446 g/mol. The van der Waals surface area contributed by atoms with E-state index in [1.807, 2.05) is 23.1 Å². The van der Waals surface area contributed by atoms with Gasteiger partial charge in [0.1, 0.15) is 31.0 Å². The number of benzene rings is 2. The summed E-state index contributed by atoms with van der Waals surface area (Å²) in [5.41, 5.74) is 1.01. The number of nitrogens with one attached hydrogen (secondary N) is 1. The number of nitrogens with zero attached hydrogens (tertiary/aromatic N) is 1. The number of carbonyl (C=O) groups excluding carboxylic acids is 1. The average molecular weight is 446 g/mol. The van der Waals surface area contributed by atoms with Crippen molar-refractivity contribution in [2.24, 2.45) is 0 Å². The first-order chi connectivity index (χ1) is 15.5. The maximum absolute atomic E-state index is 13.7. The van der Waals surface area contributed by atoms with Crippen LogP contribution in [0.2, 0.25) is 0 Å². The van der Waals surface area contributed by atoms with E-state index in [4.69, 9.17) is 14.2 Å². The fourth-order valence-electron chi connectivity index (χ4n) is 4.02. The summed E-state index contributed by atoms with van der Waals surface area (Å²) in [4.78, 5) is 14.6. The van der Waals surface area contributed by atoms with E-state index < -0.39 is 6.17 Å². The second kappa shape index (κ2) is 10.6. The number of hydrogen-bond acceptors (Lipinski definition) is 5. The summed E-state index contributed by atoms with van der Waals surface area (Å²) in [6.45, 7) is 2.87. The highest BCUT2D eigenvalue weighted by molar-refractivity contribution is 5.76. The molecular weight excluding hydrogens is 418 g/mol. The van der Waals surface area contributed by atoms with Crippen molar-refractivity contribution in [3.63, 3.8) is 0 Å². The Balaban J connectivity index is 1.34. The van der Waals surface area contributed by atoms with E-state index in [1.165, 1.54) is 24.3 Å². The summed E-state index contributed by atoms with van der Waals surface area (Å²) >= 11 is 0. The van der Waals surface area contributed by atoms with Gasteiger partial charge >= 0.3 is 0 Å². The van der Waals surface area contributed by atoms with Crippen LogP contribution >= 0.6 is 0 Å². The molecule has 0 spiro atoms. The number of halogens is 2. The third kappa shape index (κ3) is 6.32. The van der Waals surface area contributed by atoms with Crippen LogP contribution in [-0.2, 0) is 11.2 Å². The van der Waals surface area contributed by atoms with E-state index in [1.54, 1.807) is 0 Å². The smallest absolute Gasteiger partial charge is 0.223 e. The van der Waals surface area contributed by atoms with E-state index in [0.29, 0.717) is 57.2 Å². The van der Waals surface area contributed by atoms with Crippen LogP contribution in [0.5, 0.6) is 17.2 Å². The quantitative estimate of drug-likeness (QED) is 0.642. The van der Waals surface area contributed by atoms with E-state index >= 15 is 0 Å². The Bertz CT molecular complexity index is 909. The highest BCUT2D eigenvalue weighted by atomic mass is 19.1. The molecule has 1 saturated heterocycles. The maximum atomic E-state index is 13.7. The zero-order valence-electron chi connectivity index (χ0n) is 17.9. The topological polar surface area (TPSA) is 60.0 Å². The molecule has 2 aromatic rings. The van der Waals surface area contributed by atoms with E-state index in [9.17, 15) is 13.6 Å². The second-order valence-corrected chi connectivity index (χ2v) is 8.14. The van der Waals surface area contributed by atoms with Crippen molar-refractivity contribution in [1.29, 1.82) is 0 Å². The number of likely N-dealkylation sites (tertiary alicyclic amines) is 1. The highest BCUT2D eigenvalue weighted by Crippen LogP contribution is 2.31. The van der Waals surface area contributed by atoms with E-state index in [2.05, 4.69) is 5.32 Å². The third-order valence-electron chi connectivity index (χ3n) is 5.56. The molecule has 2 heterocycles. The minimum atomic E-state index is -0.815. The van der Waals surface area contributed by atoms with Crippen LogP contribution in [0.4, 0.5) is 8.78 Å². The van der Waals surface area contributed by atoms with Gasteiger partial charge in [0.2, 0.25) is 5.91 Å². The summed E-state index contributed by atoms with van der Waals surface area (Å²) in [5.74, 6) is 1.45. The van der Waals surface area contributed by atoms with Gasteiger partial charge in [-0.15, -0.1) is 0 Å². The van der Waals surface area contributed by atoms with Gasteiger partial charge < -0.3 is 19.5 Å². The Kier molecular flexibility index (Phi) is 7.42. The van der Waals surface area contributed by atoms with Crippen LogP contribution in [0.1, 0.15) is 18.4 Å². The molecule has 8 heteroatoms. The van der Waals surface area contributed by atoms with Crippen molar-refractivity contribution in [3.8, 4) is 17.2 Å². The number of alkyl halides is 1. The molecule has 1 amide bonds. The van der Waals surface area contributed by atoms with Crippen molar-refractivity contribution >= 4 is 5.91 Å². The lowest BCUT2D eigenvalue weighted by Gasteiger charge is -2.25. The Hall–Kier alpha value is -2.87. The van der Waals surface area contributed by atoms with Crippen LogP contribution < -0.4 is 19.5 Å². The van der Waals surface area contributed by atoms with Crippen LogP contribution in [-0.4, -0.2) is 62.5 Å². The van der Waals surface area contributed by atoms with Gasteiger partial charge in [-0.3, -0.25) is 9.69 Å². The highest BCUT2D eigenvalue weighted by Gasteiger charge is 2.25. The molecule has 4 rings (SSSR count). The van der Waals surface area contributed by atoms with E-state index in [0.717, 1.165) is 11.3 Å². The van der Waals surface area contributed by atoms with Crippen molar-refractivity contribution in [2.75, 3.05) is 39.5 Å². The molecule has 2 atom stereocenters. The summed E-state index contributed by atoms with van der Waals surface area (Å²) in [5, 5.41) is 3.07. The Labute approximate surface area is 186 Å². The van der Waals surface area contributed by atoms with Gasteiger partial charge in [0.15, 0.2) is 11.5 Å². The molecule has 172 valence electrons. The molecule has 2 aliphatic heterocycles. The minimum Gasteiger partial charge on any atom is -0.493 e. The molecule has 6 nitrogen and oxygen atoms in total. The number of carbonyl (C=O) groups is 1. The van der Waals surface area contributed by atoms with Crippen molar-refractivity contribution in [3.05, 3.63) is 53.8 Å². The van der Waals surface area contributed by atoms with Gasteiger partial charge in [0.25, 0.3) is 0 Å². The molecule has 0 aromatic heterocycles. The zero-order chi connectivity index (χ0) is 22.3. The number of hydrogen-bond donors (Lipinski definition) is 1. The largest absolute Gasteiger partial charge is 0.493 e. The predicted molar refractivity (Wildman–Crippen MR) is 116 cm³/mol.